The van der Waals surface area contributed by atoms with Crippen LogP contribution in [-0.2, 0) is 9.59 Å². The number of hydrogen-bond donors (Lipinski definition) is 1. The second-order valence-corrected chi connectivity index (χ2v) is 6.12. The molecule has 0 saturated carbocycles. The second-order valence-electron chi connectivity index (χ2n) is 5.27. The summed E-state index contributed by atoms with van der Waals surface area (Å²) in [5.74, 6) is -0.567. The molecule has 2 amide bonds. The predicted octanol–water partition coefficient (Wildman–Crippen LogP) is 3.23. The van der Waals surface area contributed by atoms with Crippen LogP contribution in [0.1, 0.15) is 12.8 Å². The molecule has 1 saturated heterocycles. The monoisotopic (exact) mass is 358 g/mol. The average Bonchev–Trinajstić information content (AvgIpc) is 2.52. The number of amides is 2. The van der Waals surface area contributed by atoms with E-state index in [-0.39, 0.29) is 11.8 Å². The standard InChI is InChI=1S/C15H11BrN4O2/c16-9-4-5-10-14-8(9)2-1-3-11(14)20(19-18-10)12-6-7-13(21)17-15(12)22/h1-5,12H,6-7H2,(H,17,21,22). The van der Waals surface area contributed by atoms with Crippen LogP contribution in [0.2, 0.25) is 0 Å². The van der Waals surface area contributed by atoms with Gasteiger partial charge in [-0.25, -0.2) is 5.01 Å². The third kappa shape index (κ3) is 1.93. The van der Waals surface area contributed by atoms with Crippen molar-refractivity contribution in [2.75, 3.05) is 5.01 Å². The summed E-state index contributed by atoms with van der Waals surface area (Å²) in [4.78, 5) is 23.4. The highest BCUT2D eigenvalue weighted by molar-refractivity contribution is 9.10. The van der Waals surface area contributed by atoms with Crippen LogP contribution < -0.4 is 10.3 Å². The number of nitrogens with one attached hydrogen (secondary N) is 1. The lowest BCUT2D eigenvalue weighted by atomic mass is 10.0. The van der Waals surface area contributed by atoms with Crippen LogP contribution in [-0.4, -0.2) is 17.9 Å². The van der Waals surface area contributed by atoms with E-state index in [0.717, 1.165) is 26.6 Å². The molecule has 2 aliphatic heterocycles. The van der Waals surface area contributed by atoms with Crippen LogP contribution in [0.15, 0.2) is 45.1 Å². The SMILES string of the molecule is O=C1CCC(N2N=Nc3ccc(Br)c4cccc2c34)C(=O)N1. The van der Waals surface area contributed by atoms with Gasteiger partial charge < -0.3 is 0 Å². The van der Waals surface area contributed by atoms with Crippen molar-refractivity contribution in [2.45, 2.75) is 18.9 Å². The number of benzene rings is 2. The fourth-order valence-electron chi connectivity index (χ4n) is 2.90. The zero-order chi connectivity index (χ0) is 15.3. The molecule has 0 aliphatic carbocycles. The predicted molar refractivity (Wildman–Crippen MR) is 84.8 cm³/mol. The molecule has 2 aromatic rings. The molecule has 1 N–H and O–H groups in total. The van der Waals surface area contributed by atoms with Crippen molar-refractivity contribution in [3.05, 3.63) is 34.8 Å². The molecule has 110 valence electrons. The molecule has 2 aliphatic rings. The van der Waals surface area contributed by atoms with Crippen molar-refractivity contribution in [2.24, 2.45) is 10.3 Å². The third-order valence-corrected chi connectivity index (χ3v) is 4.64. The van der Waals surface area contributed by atoms with E-state index in [9.17, 15) is 9.59 Å². The van der Waals surface area contributed by atoms with Crippen molar-refractivity contribution < 1.29 is 9.59 Å². The van der Waals surface area contributed by atoms with Gasteiger partial charge in [-0.3, -0.25) is 14.9 Å². The topological polar surface area (TPSA) is 74.1 Å². The van der Waals surface area contributed by atoms with E-state index in [1.54, 1.807) is 5.01 Å². The second kappa shape index (κ2) is 4.88. The number of piperidine rings is 1. The first-order chi connectivity index (χ1) is 10.6. The first-order valence-corrected chi connectivity index (χ1v) is 7.70. The minimum absolute atomic E-state index is 0.239. The van der Waals surface area contributed by atoms with Crippen molar-refractivity contribution in [3.8, 4) is 0 Å². The summed E-state index contributed by atoms with van der Waals surface area (Å²) >= 11 is 3.54. The van der Waals surface area contributed by atoms with Gasteiger partial charge in [0.05, 0.1) is 11.4 Å². The highest BCUT2D eigenvalue weighted by Gasteiger charge is 2.34. The van der Waals surface area contributed by atoms with Gasteiger partial charge >= 0.3 is 0 Å². The Morgan fingerprint density at radius 2 is 2.09 bits per heavy atom. The molecule has 4 rings (SSSR count). The minimum Gasteiger partial charge on any atom is -0.295 e. The molecular formula is C15H11BrN4O2. The molecule has 22 heavy (non-hydrogen) atoms. The van der Waals surface area contributed by atoms with Crippen LogP contribution in [0, 0.1) is 0 Å². The quantitative estimate of drug-likeness (QED) is 0.795. The summed E-state index contributed by atoms with van der Waals surface area (Å²) in [6.07, 6.45) is 0.743. The number of anilines is 1. The maximum Gasteiger partial charge on any atom is 0.251 e. The molecular weight excluding hydrogens is 348 g/mol. The van der Waals surface area contributed by atoms with Gasteiger partial charge in [-0.2, -0.15) is 0 Å². The highest BCUT2D eigenvalue weighted by atomic mass is 79.9. The molecule has 1 fully saturated rings. The lowest BCUT2D eigenvalue weighted by Gasteiger charge is -2.32. The summed E-state index contributed by atoms with van der Waals surface area (Å²) in [5, 5.41) is 14.4. The molecule has 2 heterocycles. The number of carbonyl (C=O) groups is 2. The summed E-state index contributed by atoms with van der Waals surface area (Å²) in [6.45, 7) is 0. The van der Waals surface area contributed by atoms with E-state index in [1.165, 1.54) is 0 Å². The fraction of sp³-hybridized carbons (Fsp3) is 0.200. The van der Waals surface area contributed by atoms with Crippen LogP contribution in [0.25, 0.3) is 10.8 Å². The van der Waals surface area contributed by atoms with Gasteiger partial charge in [-0.05, 0) is 24.6 Å². The maximum absolute atomic E-state index is 12.1. The first kappa shape index (κ1) is 13.4. The normalized spacial score (nSPS) is 20.4. The summed E-state index contributed by atoms with van der Waals surface area (Å²) in [5.41, 5.74) is 1.61. The highest BCUT2D eigenvalue weighted by Crippen LogP contribution is 2.42. The number of rotatable bonds is 1. The van der Waals surface area contributed by atoms with Crippen LogP contribution in [0.3, 0.4) is 0 Å². The lowest BCUT2D eigenvalue weighted by Crippen LogP contribution is -2.51. The third-order valence-electron chi connectivity index (χ3n) is 3.94. The zero-order valence-corrected chi connectivity index (χ0v) is 13.0. The number of imide groups is 1. The Bertz CT molecular complexity index is 849. The molecule has 0 bridgehead atoms. The molecule has 0 radical (unpaired) electrons. The Morgan fingerprint density at radius 3 is 2.91 bits per heavy atom. The fourth-order valence-corrected chi connectivity index (χ4v) is 3.36. The van der Waals surface area contributed by atoms with Crippen molar-refractivity contribution in [3.63, 3.8) is 0 Å². The minimum atomic E-state index is -0.515. The Labute approximate surface area is 134 Å². The Kier molecular flexibility index (Phi) is 2.97. The van der Waals surface area contributed by atoms with Crippen LogP contribution in [0.5, 0.6) is 0 Å². The number of carbonyl (C=O) groups excluding carboxylic acids is 2. The van der Waals surface area contributed by atoms with E-state index in [1.807, 2.05) is 30.3 Å². The lowest BCUT2D eigenvalue weighted by molar-refractivity contribution is -0.134. The number of halogens is 1. The molecule has 7 heteroatoms. The van der Waals surface area contributed by atoms with Gasteiger partial charge in [0, 0.05) is 21.7 Å². The van der Waals surface area contributed by atoms with Gasteiger partial charge in [0.1, 0.15) is 6.04 Å². The molecule has 6 nitrogen and oxygen atoms in total. The largest absolute Gasteiger partial charge is 0.295 e. The van der Waals surface area contributed by atoms with Crippen molar-refractivity contribution in [1.82, 2.24) is 5.32 Å². The van der Waals surface area contributed by atoms with E-state index in [0.29, 0.717) is 12.8 Å². The van der Waals surface area contributed by atoms with Crippen molar-refractivity contribution in [1.29, 1.82) is 0 Å². The van der Waals surface area contributed by atoms with E-state index in [4.69, 9.17) is 0 Å². The van der Waals surface area contributed by atoms with E-state index >= 15 is 0 Å². The van der Waals surface area contributed by atoms with Crippen LogP contribution in [0.4, 0.5) is 11.4 Å². The zero-order valence-electron chi connectivity index (χ0n) is 11.4. The number of hydrogen-bond acceptors (Lipinski definition) is 5. The maximum atomic E-state index is 12.1. The van der Waals surface area contributed by atoms with E-state index in [2.05, 4.69) is 31.6 Å². The van der Waals surface area contributed by atoms with Gasteiger partial charge in [0.15, 0.2) is 0 Å². The Hall–Kier alpha value is -2.28. The molecule has 2 aromatic carbocycles. The van der Waals surface area contributed by atoms with Crippen molar-refractivity contribution >= 4 is 49.9 Å². The molecule has 0 spiro atoms. The van der Waals surface area contributed by atoms with Gasteiger partial charge in [-0.1, -0.05) is 33.3 Å². The van der Waals surface area contributed by atoms with Gasteiger partial charge in [0.2, 0.25) is 5.91 Å². The Morgan fingerprint density at radius 1 is 1.23 bits per heavy atom. The summed E-state index contributed by atoms with van der Waals surface area (Å²) in [6, 6.07) is 9.14. The average molecular weight is 359 g/mol. The molecule has 0 aromatic heterocycles. The van der Waals surface area contributed by atoms with Gasteiger partial charge in [-0.15, -0.1) is 5.11 Å². The van der Waals surface area contributed by atoms with Crippen LogP contribution >= 0.6 is 15.9 Å². The summed E-state index contributed by atoms with van der Waals surface area (Å²) < 4.78 is 0.966. The summed E-state index contributed by atoms with van der Waals surface area (Å²) in [7, 11) is 0. The first-order valence-electron chi connectivity index (χ1n) is 6.91. The Balaban J connectivity index is 1.86. The van der Waals surface area contributed by atoms with Gasteiger partial charge in [0.25, 0.3) is 5.91 Å². The number of nitrogens with zero attached hydrogens (tertiary/aromatic N) is 3. The molecule has 1 atom stereocenters. The van der Waals surface area contributed by atoms with E-state index < -0.39 is 6.04 Å². The molecule has 1 unspecified atom stereocenters. The smallest absolute Gasteiger partial charge is 0.251 e.